The first-order chi connectivity index (χ1) is 22.1. The molecule has 0 saturated carbocycles. The van der Waals surface area contributed by atoms with Crippen LogP contribution < -0.4 is 0 Å². The normalized spacial score (nSPS) is 12.3. The van der Waals surface area contributed by atoms with Crippen LogP contribution >= 0.6 is 0 Å². The van der Waals surface area contributed by atoms with Gasteiger partial charge in [0.2, 0.25) is 0 Å². The van der Waals surface area contributed by atoms with Crippen LogP contribution in [0.2, 0.25) is 0 Å². The molecule has 0 aromatic heterocycles. The molecule has 0 aliphatic carbocycles. The molecule has 7 aromatic rings. The van der Waals surface area contributed by atoms with Gasteiger partial charge < -0.3 is 0 Å². The average molecular weight is 577 g/mol. The number of rotatable bonds is 6. The summed E-state index contributed by atoms with van der Waals surface area (Å²) >= 11 is 0. The summed E-state index contributed by atoms with van der Waals surface area (Å²) in [5, 5.41) is 7.81. The highest BCUT2D eigenvalue weighted by Gasteiger charge is 2.11. The van der Waals surface area contributed by atoms with E-state index in [1.165, 1.54) is 82.4 Å². The Labute approximate surface area is 266 Å². The number of hydrogen-bond donors (Lipinski definition) is 0. The second-order valence-corrected chi connectivity index (χ2v) is 11.7. The number of hydrogen-bond acceptors (Lipinski definition) is 0. The second-order valence-electron chi connectivity index (χ2n) is 11.7. The lowest BCUT2D eigenvalue weighted by Gasteiger charge is -2.13. The van der Waals surface area contributed by atoms with Crippen molar-refractivity contribution in [3.63, 3.8) is 0 Å². The van der Waals surface area contributed by atoms with Gasteiger partial charge in [0.25, 0.3) is 0 Å². The van der Waals surface area contributed by atoms with E-state index >= 15 is 0 Å². The third-order valence-electron chi connectivity index (χ3n) is 8.91. The van der Waals surface area contributed by atoms with E-state index in [4.69, 9.17) is 0 Å². The van der Waals surface area contributed by atoms with Crippen molar-refractivity contribution in [3.05, 3.63) is 175 Å². The lowest BCUT2D eigenvalue weighted by molar-refractivity contribution is 1.42. The van der Waals surface area contributed by atoms with E-state index in [-0.39, 0.29) is 0 Å². The first-order valence-electron chi connectivity index (χ1n) is 15.8. The quantitative estimate of drug-likeness (QED) is 0.136. The summed E-state index contributed by atoms with van der Waals surface area (Å²) < 4.78 is 0. The minimum Gasteiger partial charge on any atom is -0.0877 e. The third kappa shape index (κ3) is 5.41. The Hall–Kier alpha value is -5.46. The van der Waals surface area contributed by atoms with Gasteiger partial charge in [0, 0.05) is 0 Å². The van der Waals surface area contributed by atoms with Gasteiger partial charge in [-0.05, 0) is 127 Å². The molecule has 0 aliphatic rings. The molecule has 0 nitrogen and oxygen atoms in total. The van der Waals surface area contributed by atoms with Crippen molar-refractivity contribution in [2.24, 2.45) is 0 Å². The van der Waals surface area contributed by atoms with E-state index in [1.54, 1.807) is 0 Å². The van der Waals surface area contributed by atoms with Crippen LogP contribution in [0.25, 0.3) is 71.3 Å². The van der Waals surface area contributed by atoms with E-state index in [0.717, 1.165) is 0 Å². The molecule has 0 spiro atoms. The largest absolute Gasteiger partial charge is 0.0877 e. The maximum atomic E-state index is 2.37. The second kappa shape index (κ2) is 12.3. The summed E-state index contributed by atoms with van der Waals surface area (Å²) in [7, 11) is 0. The molecule has 0 radical (unpaired) electrons. The number of benzene rings is 7. The van der Waals surface area contributed by atoms with Gasteiger partial charge in [0.1, 0.15) is 0 Å². The zero-order valence-electron chi connectivity index (χ0n) is 26.1. The molecule has 7 rings (SSSR count). The lowest BCUT2D eigenvalue weighted by atomic mass is 9.91. The molecule has 45 heavy (non-hydrogen) atoms. The molecule has 0 saturated heterocycles. The smallest absolute Gasteiger partial charge is 0.00928 e. The summed E-state index contributed by atoms with van der Waals surface area (Å²) in [5.74, 6) is 0. The van der Waals surface area contributed by atoms with Crippen LogP contribution in [0.5, 0.6) is 0 Å². The molecule has 7 aromatic carbocycles. The van der Waals surface area contributed by atoms with Crippen LogP contribution in [0.4, 0.5) is 0 Å². The fraction of sp³-hybridized carbons (Fsp3) is 0.0667. The van der Waals surface area contributed by atoms with E-state index in [2.05, 4.69) is 178 Å². The Balaban J connectivity index is 1.28. The van der Waals surface area contributed by atoms with Crippen LogP contribution in [0, 0.1) is 6.92 Å². The summed E-state index contributed by atoms with van der Waals surface area (Å²) in [5.41, 5.74) is 11.1. The number of aryl methyl sites for hydroxylation is 1. The third-order valence-corrected chi connectivity index (χ3v) is 8.91. The Morgan fingerprint density at radius 2 is 0.889 bits per heavy atom. The Bertz CT molecular complexity index is 2260. The van der Waals surface area contributed by atoms with Gasteiger partial charge in [-0.15, -0.1) is 0 Å². The van der Waals surface area contributed by atoms with Gasteiger partial charge in [0.15, 0.2) is 0 Å². The molecule has 0 aliphatic heterocycles. The standard InChI is InChI=1S/C45H36/c1-4-6-7-14-32(5-2)44-29-37(24-23-31(44)3)35-17-12-15-33(27-35)34-16-13-18-36(28-34)38-25-26-43-41-21-9-8-19-39(41)40-20-10-11-22-42(40)45(43)30-38/h4-30H,1-3H3/b6-4-,14-7-,32-5-. The Morgan fingerprint density at radius 1 is 0.422 bits per heavy atom. The molecule has 216 valence electrons. The molecular weight excluding hydrogens is 540 g/mol. The van der Waals surface area contributed by atoms with Gasteiger partial charge >= 0.3 is 0 Å². The van der Waals surface area contributed by atoms with E-state index < -0.39 is 0 Å². The van der Waals surface area contributed by atoms with Crippen LogP contribution in [0.3, 0.4) is 0 Å². The highest BCUT2D eigenvalue weighted by atomic mass is 14.1. The predicted molar refractivity (Wildman–Crippen MR) is 198 cm³/mol. The lowest BCUT2D eigenvalue weighted by Crippen LogP contribution is -1.89. The van der Waals surface area contributed by atoms with E-state index in [1.807, 2.05) is 6.92 Å². The molecule has 0 unspecified atom stereocenters. The monoisotopic (exact) mass is 576 g/mol. The van der Waals surface area contributed by atoms with Gasteiger partial charge in [-0.25, -0.2) is 0 Å². The van der Waals surface area contributed by atoms with Gasteiger partial charge in [0.05, 0.1) is 0 Å². The summed E-state index contributed by atoms with van der Waals surface area (Å²) in [6.45, 7) is 6.33. The molecule has 0 atom stereocenters. The van der Waals surface area contributed by atoms with Crippen molar-refractivity contribution in [2.75, 3.05) is 0 Å². The molecule has 0 heterocycles. The number of allylic oxidation sites excluding steroid dienone is 6. The fourth-order valence-electron chi connectivity index (χ4n) is 6.57. The first kappa shape index (κ1) is 28.3. The summed E-state index contributed by atoms with van der Waals surface area (Å²) in [6.07, 6.45) is 10.6. The Kier molecular flexibility index (Phi) is 7.72. The SMILES string of the molecule is C\C=C/C=C\C(=C\C)c1cc(-c2cccc(-c3cccc(-c4ccc5c6ccccc6c6ccccc6c5c4)c3)c2)ccc1C. The highest BCUT2D eigenvalue weighted by molar-refractivity contribution is 6.25. The minimum atomic E-state index is 1.22. The maximum absolute atomic E-state index is 2.37. The minimum absolute atomic E-state index is 1.22. The first-order valence-corrected chi connectivity index (χ1v) is 15.8. The molecule has 0 amide bonds. The molecule has 0 fully saturated rings. The van der Waals surface area contributed by atoms with Gasteiger partial charge in [-0.2, -0.15) is 0 Å². The van der Waals surface area contributed by atoms with Crippen molar-refractivity contribution in [2.45, 2.75) is 20.8 Å². The van der Waals surface area contributed by atoms with Crippen molar-refractivity contribution >= 4 is 37.9 Å². The summed E-state index contributed by atoms with van der Waals surface area (Å²) in [6, 6.07) is 49.2. The zero-order valence-corrected chi connectivity index (χ0v) is 26.1. The molecule has 0 N–H and O–H groups in total. The molecule has 0 heteroatoms. The average Bonchev–Trinajstić information content (AvgIpc) is 3.10. The van der Waals surface area contributed by atoms with Crippen molar-refractivity contribution in [1.82, 2.24) is 0 Å². The van der Waals surface area contributed by atoms with Gasteiger partial charge in [-0.1, -0.05) is 140 Å². The van der Waals surface area contributed by atoms with Crippen LogP contribution in [0.15, 0.2) is 164 Å². The van der Waals surface area contributed by atoms with Crippen molar-refractivity contribution in [1.29, 1.82) is 0 Å². The van der Waals surface area contributed by atoms with Crippen LogP contribution in [0.1, 0.15) is 25.0 Å². The van der Waals surface area contributed by atoms with Crippen LogP contribution in [-0.2, 0) is 0 Å². The van der Waals surface area contributed by atoms with Gasteiger partial charge in [-0.3, -0.25) is 0 Å². The maximum Gasteiger partial charge on any atom is -0.00928 e. The highest BCUT2D eigenvalue weighted by Crippen LogP contribution is 2.38. The van der Waals surface area contributed by atoms with E-state index in [0.29, 0.717) is 0 Å². The zero-order chi connectivity index (χ0) is 30.8. The summed E-state index contributed by atoms with van der Waals surface area (Å²) in [4.78, 5) is 0. The predicted octanol–water partition coefficient (Wildman–Crippen LogP) is 13.0. The Morgan fingerprint density at radius 3 is 1.42 bits per heavy atom. The molecular formula is C45H36. The topological polar surface area (TPSA) is 0 Å². The van der Waals surface area contributed by atoms with Crippen molar-refractivity contribution in [3.8, 4) is 33.4 Å². The number of fused-ring (bicyclic) bond motifs is 6. The fourth-order valence-corrected chi connectivity index (χ4v) is 6.57. The van der Waals surface area contributed by atoms with Crippen LogP contribution in [-0.4, -0.2) is 0 Å². The van der Waals surface area contributed by atoms with E-state index in [9.17, 15) is 0 Å². The van der Waals surface area contributed by atoms with Crippen molar-refractivity contribution < 1.29 is 0 Å². The molecule has 0 bridgehead atoms.